The lowest BCUT2D eigenvalue weighted by Crippen LogP contribution is -2.63. The van der Waals surface area contributed by atoms with Crippen LogP contribution < -0.4 is 4.74 Å². The van der Waals surface area contributed by atoms with Gasteiger partial charge in [0.1, 0.15) is 24.2 Å². The average Bonchev–Trinajstić information content (AvgIpc) is 2.86. The molecule has 5 unspecified atom stereocenters. The Balaban J connectivity index is 1.91. The van der Waals surface area contributed by atoms with Gasteiger partial charge in [0.15, 0.2) is 18.0 Å². The summed E-state index contributed by atoms with van der Waals surface area (Å²) in [6.45, 7) is 4.06. The van der Waals surface area contributed by atoms with Crippen LogP contribution in [0.4, 0.5) is 0 Å². The van der Waals surface area contributed by atoms with Crippen molar-refractivity contribution in [1.29, 1.82) is 0 Å². The number of esters is 4. The van der Waals surface area contributed by atoms with Crippen LogP contribution in [0.5, 0.6) is 11.5 Å². The number of hydrogen-bond donors (Lipinski definition) is 1. The highest BCUT2D eigenvalue weighted by molar-refractivity contribution is 6.00. The van der Waals surface area contributed by atoms with E-state index >= 15 is 0 Å². The predicted molar refractivity (Wildman–Crippen MR) is 135 cm³/mol. The highest BCUT2D eigenvalue weighted by Gasteiger charge is 2.53. The van der Waals surface area contributed by atoms with Gasteiger partial charge >= 0.3 is 23.9 Å². The second-order valence-corrected chi connectivity index (χ2v) is 8.95. The number of rotatable bonds is 10. The third kappa shape index (κ3) is 8.27. The molecule has 1 fully saturated rings. The van der Waals surface area contributed by atoms with E-state index in [1.54, 1.807) is 24.3 Å². The first kappa shape index (κ1) is 30.1. The molecular formula is C28H30O12. The lowest BCUT2D eigenvalue weighted by atomic mass is 9.98. The van der Waals surface area contributed by atoms with Crippen LogP contribution in [-0.4, -0.2) is 72.1 Å². The van der Waals surface area contributed by atoms with Crippen LogP contribution in [0.1, 0.15) is 43.6 Å². The fraction of sp³-hybridized carbons (Fsp3) is 0.393. The molecule has 0 spiro atoms. The van der Waals surface area contributed by atoms with Gasteiger partial charge in [-0.15, -0.1) is 0 Å². The number of aromatic hydroxyl groups is 1. The van der Waals surface area contributed by atoms with Crippen molar-refractivity contribution in [3.63, 3.8) is 0 Å². The van der Waals surface area contributed by atoms with Crippen molar-refractivity contribution in [3.8, 4) is 11.5 Å². The summed E-state index contributed by atoms with van der Waals surface area (Å²) in [6, 6.07) is 12.9. The molecule has 0 aromatic heterocycles. The number of carbonyl (C=O) groups is 5. The molecule has 3 rings (SSSR count). The molecular weight excluding hydrogens is 528 g/mol. The zero-order valence-corrected chi connectivity index (χ0v) is 22.4. The van der Waals surface area contributed by atoms with Crippen LogP contribution in [-0.2, 0) is 49.3 Å². The standard InChI is InChI=1S/C28H30O12/c1-15(29)35-14-24-25(36-16(2)30)26(37-17(3)31)27(38-18(4)32)28(40-24)39-20-10-11-21(23(34)13-20)22(33)12-19-8-6-5-7-9-19/h5-11,13,24-28,34H,12,14H2,1-4H3. The third-order valence-electron chi connectivity index (χ3n) is 5.68. The normalized spacial score (nSPS) is 21.9. The first-order valence-corrected chi connectivity index (χ1v) is 12.3. The van der Waals surface area contributed by atoms with Crippen molar-refractivity contribution >= 4 is 29.7 Å². The molecule has 214 valence electrons. The molecule has 1 aliphatic heterocycles. The van der Waals surface area contributed by atoms with Crippen LogP contribution in [0, 0.1) is 0 Å². The second-order valence-electron chi connectivity index (χ2n) is 8.95. The maximum absolute atomic E-state index is 12.7. The van der Waals surface area contributed by atoms with Gasteiger partial charge in [0, 0.05) is 40.2 Å². The maximum atomic E-state index is 12.7. The van der Waals surface area contributed by atoms with Gasteiger partial charge in [-0.1, -0.05) is 30.3 Å². The Hall–Kier alpha value is -4.45. The van der Waals surface area contributed by atoms with Gasteiger partial charge < -0.3 is 33.5 Å². The molecule has 1 N–H and O–H groups in total. The van der Waals surface area contributed by atoms with Crippen LogP contribution in [0.3, 0.4) is 0 Å². The van der Waals surface area contributed by atoms with E-state index in [9.17, 15) is 29.1 Å². The molecule has 12 heteroatoms. The topological polar surface area (TPSA) is 161 Å². The summed E-state index contributed by atoms with van der Waals surface area (Å²) in [5.74, 6) is -3.69. The minimum absolute atomic E-state index is 0.00895. The molecule has 40 heavy (non-hydrogen) atoms. The van der Waals surface area contributed by atoms with E-state index < -0.39 is 61.2 Å². The minimum Gasteiger partial charge on any atom is -0.507 e. The SMILES string of the molecule is CC(=O)OCC1OC(Oc2ccc(C(=O)Cc3ccccc3)c(O)c2)C(OC(C)=O)C(OC(C)=O)C1OC(C)=O. The quantitative estimate of drug-likeness (QED) is 0.258. The summed E-state index contributed by atoms with van der Waals surface area (Å²) in [4.78, 5) is 60.0. The second kappa shape index (κ2) is 13.6. The molecule has 0 saturated carbocycles. The summed E-state index contributed by atoms with van der Waals surface area (Å²) < 4.78 is 32.8. The lowest BCUT2D eigenvalue weighted by Gasteiger charge is -2.43. The molecule has 1 aliphatic rings. The van der Waals surface area contributed by atoms with Gasteiger partial charge in [0.05, 0.1) is 5.56 Å². The van der Waals surface area contributed by atoms with E-state index in [2.05, 4.69) is 0 Å². The van der Waals surface area contributed by atoms with Crippen LogP contribution >= 0.6 is 0 Å². The first-order chi connectivity index (χ1) is 18.9. The summed E-state index contributed by atoms with van der Waals surface area (Å²) in [6.07, 6.45) is -6.81. The molecule has 0 aliphatic carbocycles. The number of carbonyl (C=O) groups excluding carboxylic acids is 5. The Bertz CT molecular complexity index is 1240. The maximum Gasteiger partial charge on any atom is 0.303 e. The van der Waals surface area contributed by atoms with Crippen LogP contribution in [0.2, 0.25) is 0 Å². The van der Waals surface area contributed by atoms with Crippen molar-refractivity contribution < 1.29 is 57.5 Å². The Kier molecular flexibility index (Phi) is 10.2. The largest absolute Gasteiger partial charge is 0.507 e. The minimum atomic E-state index is -1.48. The Morgan fingerprint density at radius 1 is 0.775 bits per heavy atom. The smallest absolute Gasteiger partial charge is 0.303 e. The number of ether oxygens (including phenoxy) is 6. The Morgan fingerprint density at radius 3 is 1.95 bits per heavy atom. The molecule has 12 nitrogen and oxygen atoms in total. The van der Waals surface area contributed by atoms with E-state index in [-0.39, 0.29) is 29.3 Å². The van der Waals surface area contributed by atoms with Crippen molar-refractivity contribution in [2.24, 2.45) is 0 Å². The number of phenols is 1. The molecule has 2 aromatic rings. The number of phenolic OH excluding ortho intramolecular Hbond substituents is 1. The van der Waals surface area contributed by atoms with Gasteiger partial charge in [0.2, 0.25) is 12.4 Å². The molecule has 1 saturated heterocycles. The van der Waals surface area contributed by atoms with Crippen molar-refractivity contribution in [3.05, 3.63) is 59.7 Å². The van der Waals surface area contributed by atoms with Crippen molar-refractivity contribution in [1.82, 2.24) is 0 Å². The zero-order valence-electron chi connectivity index (χ0n) is 22.4. The van der Waals surface area contributed by atoms with Gasteiger partial charge in [-0.3, -0.25) is 24.0 Å². The highest BCUT2D eigenvalue weighted by Crippen LogP contribution is 2.32. The zero-order chi connectivity index (χ0) is 29.4. The fourth-order valence-corrected chi connectivity index (χ4v) is 4.11. The molecule has 0 radical (unpaired) electrons. The third-order valence-corrected chi connectivity index (χ3v) is 5.68. The van der Waals surface area contributed by atoms with Crippen molar-refractivity contribution in [2.45, 2.75) is 64.8 Å². The number of hydrogen-bond acceptors (Lipinski definition) is 12. The average molecular weight is 559 g/mol. The predicted octanol–water partition coefficient (Wildman–Crippen LogP) is 2.28. The van der Waals surface area contributed by atoms with Crippen LogP contribution in [0.15, 0.2) is 48.5 Å². The molecule has 2 aromatic carbocycles. The van der Waals surface area contributed by atoms with E-state index in [1.807, 2.05) is 6.07 Å². The van der Waals surface area contributed by atoms with Gasteiger partial charge in [-0.25, -0.2) is 0 Å². The van der Waals surface area contributed by atoms with Crippen molar-refractivity contribution in [2.75, 3.05) is 6.61 Å². The van der Waals surface area contributed by atoms with Gasteiger partial charge in [-0.2, -0.15) is 0 Å². The lowest BCUT2D eigenvalue weighted by molar-refractivity contribution is -0.288. The first-order valence-electron chi connectivity index (χ1n) is 12.3. The summed E-state index contributed by atoms with van der Waals surface area (Å²) in [5, 5.41) is 10.6. The van der Waals surface area contributed by atoms with E-state index in [1.165, 1.54) is 18.2 Å². The number of benzene rings is 2. The summed E-state index contributed by atoms with van der Waals surface area (Å²) >= 11 is 0. The monoisotopic (exact) mass is 558 g/mol. The Morgan fingerprint density at radius 2 is 1.38 bits per heavy atom. The van der Waals surface area contributed by atoms with E-state index in [0.717, 1.165) is 33.3 Å². The number of Topliss-reactive ketones (excluding diaryl/α,β-unsaturated/α-hetero) is 1. The molecule has 5 atom stereocenters. The van der Waals surface area contributed by atoms with Crippen LogP contribution in [0.25, 0.3) is 0 Å². The molecule has 0 bridgehead atoms. The van der Waals surface area contributed by atoms with Gasteiger partial charge in [-0.05, 0) is 17.7 Å². The number of ketones is 1. The molecule has 1 heterocycles. The molecule has 0 amide bonds. The fourth-order valence-electron chi connectivity index (χ4n) is 4.11. The van der Waals surface area contributed by atoms with E-state index in [0.29, 0.717) is 0 Å². The van der Waals surface area contributed by atoms with E-state index in [4.69, 9.17) is 28.4 Å². The Labute approximate surface area is 230 Å². The highest BCUT2D eigenvalue weighted by atomic mass is 16.7. The summed E-state index contributed by atoms with van der Waals surface area (Å²) in [7, 11) is 0. The summed E-state index contributed by atoms with van der Waals surface area (Å²) in [5.41, 5.74) is 0.822. The van der Waals surface area contributed by atoms with Gasteiger partial charge in [0.25, 0.3) is 0 Å².